The van der Waals surface area contributed by atoms with E-state index in [1.807, 2.05) is 25.1 Å². The van der Waals surface area contributed by atoms with Crippen LogP contribution >= 0.6 is 0 Å². The fourth-order valence-electron chi connectivity index (χ4n) is 2.97. The summed E-state index contributed by atoms with van der Waals surface area (Å²) in [6.45, 7) is 3.59. The number of benzene rings is 1. The first kappa shape index (κ1) is 17.8. The van der Waals surface area contributed by atoms with Crippen LogP contribution in [0.25, 0.3) is 0 Å². The standard InChI is InChI=1S/C18H28N2O3/c1-14(7-10-21)19-18(22)20-17(16-5-3-2-4-6-16)13-15-8-11-23-12-9-15/h2-6,14-15,17,21H,7-13H2,1H3,(H2,19,20,22). The van der Waals surface area contributed by atoms with Crippen LogP contribution in [0.15, 0.2) is 30.3 Å². The maximum Gasteiger partial charge on any atom is 0.315 e. The Hall–Kier alpha value is -1.59. The Morgan fingerprint density at radius 2 is 1.96 bits per heavy atom. The fraction of sp³-hybridized carbons (Fsp3) is 0.611. The lowest BCUT2D eigenvalue weighted by atomic mass is 9.89. The van der Waals surface area contributed by atoms with Crippen molar-refractivity contribution in [2.24, 2.45) is 5.92 Å². The van der Waals surface area contributed by atoms with Crippen molar-refractivity contribution in [2.45, 2.75) is 44.7 Å². The van der Waals surface area contributed by atoms with Crippen molar-refractivity contribution < 1.29 is 14.6 Å². The number of rotatable bonds is 7. The van der Waals surface area contributed by atoms with E-state index in [-0.39, 0.29) is 24.7 Å². The van der Waals surface area contributed by atoms with E-state index in [4.69, 9.17) is 9.84 Å². The van der Waals surface area contributed by atoms with Crippen LogP contribution in [0, 0.1) is 5.92 Å². The molecule has 0 saturated carbocycles. The summed E-state index contributed by atoms with van der Waals surface area (Å²) in [6.07, 6.45) is 3.58. The number of ether oxygens (including phenoxy) is 1. The molecular formula is C18H28N2O3. The molecule has 0 aromatic heterocycles. The first-order chi connectivity index (χ1) is 11.2. The summed E-state index contributed by atoms with van der Waals surface area (Å²) in [4.78, 5) is 12.2. The third-order valence-electron chi connectivity index (χ3n) is 4.36. The topological polar surface area (TPSA) is 70.6 Å². The Bertz CT molecular complexity index is 461. The van der Waals surface area contributed by atoms with Gasteiger partial charge in [-0.05, 0) is 44.1 Å². The Labute approximate surface area is 138 Å². The summed E-state index contributed by atoms with van der Waals surface area (Å²) in [5.41, 5.74) is 1.13. The Morgan fingerprint density at radius 1 is 1.26 bits per heavy atom. The predicted molar refractivity (Wildman–Crippen MR) is 90.2 cm³/mol. The summed E-state index contributed by atoms with van der Waals surface area (Å²) in [7, 11) is 0. The van der Waals surface area contributed by atoms with Gasteiger partial charge >= 0.3 is 6.03 Å². The molecule has 1 fully saturated rings. The van der Waals surface area contributed by atoms with Crippen molar-refractivity contribution in [1.82, 2.24) is 10.6 Å². The lowest BCUT2D eigenvalue weighted by molar-refractivity contribution is 0.0608. The molecule has 0 bridgehead atoms. The number of aliphatic hydroxyl groups excluding tert-OH is 1. The van der Waals surface area contributed by atoms with E-state index < -0.39 is 0 Å². The summed E-state index contributed by atoms with van der Waals surface area (Å²) in [5, 5.41) is 14.9. The van der Waals surface area contributed by atoms with E-state index in [2.05, 4.69) is 22.8 Å². The maximum atomic E-state index is 12.2. The molecule has 2 unspecified atom stereocenters. The van der Waals surface area contributed by atoms with Gasteiger partial charge in [0.2, 0.25) is 0 Å². The van der Waals surface area contributed by atoms with Crippen LogP contribution in [0.1, 0.15) is 44.2 Å². The smallest absolute Gasteiger partial charge is 0.315 e. The van der Waals surface area contributed by atoms with Crippen molar-refractivity contribution in [1.29, 1.82) is 0 Å². The number of hydrogen-bond acceptors (Lipinski definition) is 3. The third kappa shape index (κ3) is 6.20. The number of carbonyl (C=O) groups excluding carboxylic acids is 1. The second-order valence-electron chi connectivity index (χ2n) is 6.29. The lowest BCUT2D eigenvalue weighted by Gasteiger charge is -2.28. The van der Waals surface area contributed by atoms with E-state index in [1.54, 1.807) is 0 Å². The molecule has 1 heterocycles. The molecule has 2 atom stereocenters. The Morgan fingerprint density at radius 3 is 2.61 bits per heavy atom. The highest BCUT2D eigenvalue weighted by atomic mass is 16.5. The van der Waals surface area contributed by atoms with E-state index in [0.717, 1.165) is 38.0 Å². The molecule has 1 aliphatic rings. The van der Waals surface area contributed by atoms with Crippen LogP contribution in [0.2, 0.25) is 0 Å². The Kier molecular flexibility index (Phi) is 7.36. The van der Waals surface area contributed by atoms with Crippen LogP contribution in [0.5, 0.6) is 0 Å². The van der Waals surface area contributed by atoms with Crippen molar-refractivity contribution >= 4 is 6.03 Å². The largest absolute Gasteiger partial charge is 0.396 e. The first-order valence-electron chi connectivity index (χ1n) is 8.49. The Balaban J connectivity index is 1.97. The minimum Gasteiger partial charge on any atom is -0.396 e. The number of urea groups is 1. The van der Waals surface area contributed by atoms with Crippen molar-refractivity contribution in [3.8, 4) is 0 Å². The monoisotopic (exact) mass is 320 g/mol. The quantitative estimate of drug-likeness (QED) is 0.723. The second kappa shape index (κ2) is 9.53. The SMILES string of the molecule is CC(CCO)NC(=O)NC(CC1CCOCC1)c1ccccc1. The van der Waals surface area contributed by atoms with E-state index in [1.165, 1.54) is 0 Å². The molecule has 1 aromatic carbocycles. The number of aliphatic hydroxyl groups is 1. The van der Waals surface area contributed by atoms with E-state index in [9.17, 15) is 4.79 Å². The van der Waals surface area contributed by atoms with E-state index in [0.29, 0.717) is 12.3 Å². The van der Waals surface area contributed by atoms with Gasteiger partial charge in [-0.25, -0.2) is 4.79 Å². The highest BCUT2D eigenvalue weighted by molar-refractivity contribution is 5.74. The van der Waals surface area contributed by atoms with Gasteiger partial charge in [-0.2, -0.15) is 0 Å². The van der Waals surface area contributed by atoms with Crippen molar-refractivity contribution in [2.75, 3.05) is 19.8 Å². The zero-order valence-electron chi connectivity index (χ0n) is 13.8. The average Bonchev–Trinajstić information content (AvgIpc) is 2.56. The number of amides is 2. The molecule has 128 valence electrons. The van der Waals surface area contributed by atoms with Gasteiger partial charge in [-0.3, -0.25) is 0 Å². The van der Waals surface area contributed by atoms with Gasteiger partial charge in [0.15, 0.2) is 0 Å². The van der Waals surface area contributed by atoms with Gasteiger partial charge in [-0.1, -0.05) is 30.3 Å². The summed E-state index contributed by atoms with van der Waals surface area (Å²) in [6, 6.07) is 9.88. The van der Waals surface area contributed by atoms with Crippen molar-refractivity contribution in [3.63, 3.8) is 0 Å². The summed E-state index contributed by atoms with van der Waals surface area (Å²) in [5.74, 6) is 0.573. The molecule has 1 aromatic rings. The number of carbonyl (C=O) groups is 1. The molecule has 2 amide bonds. The molecule has 1 saturated heterocycles. The number of hydrogen-bond donors (Lipinski definition) is 3. The normalized spacial score (nSPS) is 18.2. The average molecular weight is 320 g/mol. The second-order valence-corrected chi connectivity index (χ2v) is 6.29. The van der Waals surface area contributed by atoms with Gasteiger partial charge in [0, 0.05) is 25.9 Å². The van der Waals surface area contributed by atoms with Crippen LogP contribution in [-0.2, 0) is 4.74 Å². The molecule has 3 N–H and O–H groups in total. The predicted octanol–water partition coefficient (Wildman–Crippen LogP) is 2.61. The summed E-state index contributed by atoms with van der Waals surface area (Å²) < 4.78 is 5.42. The fourth-order valence-corrected chi connectivity index (χ4v) is 2.97. The summed E-state index contributed by atoms with van der Waals surface area (Å²) >= 11 is 0. The zero-order valence-corrected chi connectivity index (χ0v) is 13.8. The number of nitrogens with one attached hydrogen (secondary N) is 2. The van der Waals surface area contributed by atoms with Crippen molar-refractivity contribution in [3.05, 3.63) is 35.9 Å². The minimum atomic E-state index is -0.174. The third-order valence-corrected chi connectivity index (χ3v) is 4.36. The van der Waals surface area contributed by atoms with Gasteiger partial charge < -0.3 is 20.5 Å². The highest BCUT2D eigenvalue weighted by Crippen LogP contribution is 2.27. The minimum absolute atomic E-state index is 0.000580. The zero-order chi connectivity index (χ0) is 16.5. The molecule has 0 aliphatic carbocycles. The van der Waals surface area contributed by atoms with Crippen LogP contribution < -0.4 is 10.6 Å². The van der Waals surface area contributed by atoms with Gasteiger partial charge in [0.05, 0.1) is 6.04 Å². The highest BCUT2D eigenvalue weighted by Gasteiger charge is 2.22. The van der Waals surface area contributed by atoms with Crippen LogP contribution in [-0.4, -0.2) is 37.0 Å². The molecule has 1 aliphatic heterocycles. The maximum absolute atomic E-state index is 12.2. The first-order valence-corrected chi connectivity index (χ1v) is 8.49. The molecule has 0 radical (unpaired) electrons. The van der Waals surface area contributed by atoms with E-state index >= 15 is 0 Å². The molecule has 2 rings (SSSR count). The molecule has 5 heteroatoms. The molecule has 23 heavy (non-hydrogen) atoms. The lowest BCUT2D eigenvalue weighted by Crippen LogP contribution is -2.43. The van der Waals surface area contributed by atoms with Crippen LogP contribution in [0.3, 0.4) is 0 Å². The molecule has 5 nitrogen and oxygen atoms in total. The molecule has 0 spiro atoms. The van der Waals surface area contributed by atoms with Gasteiger partial charge in [0.1, 0.15) is 0 Å². The van der Waals surface area contributed by atoms with Gasteiger partial charge in [-0.15, -0.1) is 0 Å². The van der Waals surface area contributed by atoms with Gasteiger partial charge in [0.25, 0.3) is 0 Å². The molecular weight excluding hydrogens is 292 g/mol. The van der Waals surface area contributed by atoms with Crippen LogP contribution in [0.4, 0.5) is 4.79 Å².